The van der Waals surface area contributed by atoms with Gasteiger partial charge in [-0.25, -0.2) is 13.2 Å². The van der Waals surface area contributed by atoms with Crippen LogP contribution in [0.15, 0.2) is 23.1 Å². The molecule has 26 heavy (non-hydrogen) atoms. The lowest BCUT2D eigenvalue weighted by Crippen LogP contribution is -2.35. The smallest absolute Gasteiger partial charge is 0.338 e. The average molecular weight is 405 g/mol. The summed E-state index contributed by atoms with van der Waals surface area (Å²) in [5, 5.41) is 2.69. The van der Waals surface area contributed by atoms with Gasteiger partial charge < -0.3 is 10.1 Å². The summed E-state index contributed by atoms with van der Waals surface area (Å²) in [5.41, 5.74) is 0.0106. The molecule has 1 atom stereocenters. The molecule has 0 unspecified atom stereocenters. The molecule has 9 heteroatoms. The van der Waals surface area contributed by atoms with Gasteiger partial charge in [0.15, 0.2) is 6.61 Å². The van der Waals surface area contributed by atoms with Gasteiger partial charge >= 0.3 is 5.97 Å². The van der Waals surface area contributed by atoms with E-state index in [1.807, 2.05) is 13.8 Å². The Morgan fingerprint density at radius 3 is 2.38 bits per heavy atom. The Hall–Kier alpha value is -1.64. The minimum absolute atomic E-state index is 0.0106. The zero-order valence-corrected chi connectivity index (χ0v) is 17.0. The van der Waals surface area contributed by atoms with E-state index in [1.165, 1.54) is 22.5 Å². The van der Waals surface area contributed by atoms with Crippen LogP contribution in [0.1, 0.15) is 44.5 Å². The van der Waals surface area contributed by atoms with Crippen molar-refractivity contribution in [2.24, 2.45) is 0 Å². The number of amides is 1. The molecule has 0 saturated heterocycles. The fraction of sp³-hybridized carbons (Fsp3) is 0.529. The molecular weight excluding hydrogens is 380 g/mol. The Kier molecular flexibility index (Phi) is 8.52. The third kappa shape index (κ3) is 5.69. The predicted octanol–water partition coefficient (Wildman–Crippen LogP) is 2.44. The second-order valence-corrected chi connectivity index (χ2v) is 8.00. The highest BCUT2D eigenvalue weighted by Gasteiger charge is 2.26. The molecule has 0 heterocycles. The molecule has 146 valence electrons. The van der Waals surface area contributed by atoms with Crippen LogP contribution >= 0.6 is 11.6 Å². The van der Waals surface area contributed by atoms with E-state index in [1.54, 1.807) is 13.8 Å². The number of nitrogens with one attached hydrogen (secondary N) is 1. The standard InChI is InChI=1S/C17H25ClN2O5S/c1-5-12(4)19-16(21)11-25-17(22)13-8-9-14(18)15(10-13)26(23,24)20(6-2)7-3/h8-10,12H,5-7,11H2,1-4H3,(H,19,21)/t12-/m0/s1. The number of nitrogens with zero attached hydrogens (tertiary/aromatic N) is 1. The van der Waals surface area contributed by atoms with E-state index in [2.05, 4.69) is 5.32 Å². The minimum atomic E-state index is -3.82. The molecule has 1 N–H and O–H groups in total. The monoisotopic (exact) mass is 404 g/mol. The van der Waals surface area contributed by atoms with Crippen molar-refractivity contribution >= 4 is 33.5 Å². The van der Waals surface area contributed by atoms with Crippen molar-refractivity contribution in [2.45, 2.75) is 45.1 Å². The van der Waals surface area contributed by atoms with Gasteiger partial charge in [0.2, 0.25) is 10.0 Å². The number of esters is 1. The number of hydrogen-bond donors (Lipinski definition) is 1. The normalized spacial score (nSPS) is 12.7. The SMILES string of the molecule is CC[C@H](C)NC(=O)COC(=O)c1ccc(Cl)c(S(=O)(=O)N(CC)CC)c1. The van der Waals surface area contributed by atoms with Gasteiger partial charge in [-0.1, -0.05) is 32.4 Å². The first kappa shape index (κ1) is 22.4. The molecule has 0 aliphatic rings. The van der Waals surface area contributed by atoms with Gasteiger partial charge in [0, 0.05) is 19.1 Å². The zero-order chi connectivity index (χ0) is 19.9. The topological polar surface area (TPSA) is 92.8 Å². The number of halogens is 1. The molecule has 0 aliphatic heterocycles. The van der Waals surface area contributed by atoms with E-state index in [4.69, 9.17) is 16.3 Å². The van der Waals surface area contributed by atoms with E-state index in [0.717, 1.165) is 6.42 Å². The van der Waals surface area contributed by atoms with Crippen molar-refractivity contribution in [3.05, 3.63) is 28.8 Å². The molecule has 1 aromatic rings. The van der Waals surface area contributed by atoms with Crippen LogP contribution in [0, 0.1) is 0 Å². The van der Waals surface area contributed by atoms with Crippen molar-refractivity contribution in [2.75, 3.05) is 19.7 Å². The van der Waals surface area contributed by atoms with Gasteiger partial charge in [-0.3, -0.25) is 4.79 Å². The Labute approximate surface area is 159 Å². The lowest BCUT2D eigenvalue weighted by atomic mass is 10.2. The second kappa shape index (κ2) is 9.89. The second-order valence-electron chi connectivity index (χ2n) is 5.69. The van der Waals surface area contributed by atoms with Crippen molar-refractivity contribution < 1.29 is 22.7 Å². The van der Waals surface area contributed by atoms with Crippen molar-refractivity contribution in [3.8, 4) is 0 Å². The van der Waals surface area contributed by atoms with Crippen LogP contribution < -0.4 is 5.32 Å². The summed E-state index contributed by atoms with van der Waals surface area (Å²) in [6.07, 6.45) is 0.753. The summed E-state index contributed by atoms with van der Waals surface area (Å²) < 4.78 is 31.5. The first-order valence-corrected chi connectivity index (χ1v) is 10.2. The number of carbonyl (C=O) groups is 2. The summed E-state index contributed by atoms with van der Waals surface area (Å²) in [6.45, 7) is 7.29. The van der Waals surface area contributed by atoms with E-state index in [-0.39, 0.29) is 34.6 Å². The Bertz CT molecular complexity index is 748. The minimum Gasteiger partial charge on any atom is -0.452 e. The Morgan fingerprint density at radius 1 is 1.23 bits per heavy atom. The molecule has 0 bridgehead atoms. The maximum absolute atomic E-state index is 12.6. The first-order valence-electron chi connectivity index (χ1n) is 8.43. The average Bonchev–Trinajstić information content (AvgIpc) is 2.60. The molecule has 1 aromatic carbocycles. The molecule has 7 nitrogen and oxygen atoms in total. The Morgan fingerprint density at radius 2 is 1.85 bits per heavy atom. The molecule has 0 saturated carbocycles. The fourth-order valence-corrected chi connectivity index (χ4v) is 4.12. The number of sulfonamides is 1. The van der Waals surface area contributed by atoms with E-state index in [9.17, 15) is 18.0 Å². The van der Waals surface area contributed by atoms with Gasteiger partial charge in [-0.15, -0.1) is 0 Å². The molecule has 0 fully saturated rings. The molecule has 0 aromatic heterocycles. The van der Waals surface area contributed by atoms with Crippen LogP contribution in [0.2, 0.25) is 5.02 Å². The number of carbonyl (C=O) groups excluding carboxylic acids is 2. The van der Waals surface area contributed by atoms with Crippen LogP contribution in [0.4, 0.5) is 0 Å². The highest BCUT2D eigenvalue weighted by molar-refractivity contribution is 7.89. The summed E-state index contributed by atoms with van der Waals surface area (Å²) in [6, 6.07) is 3.83. The molecule has 1 rings (SSSR count). The van der Waals surface area contributed by atoms with E-state index >= 15 is 0 Å². The van der Waals surface area contributed by atoms with Gasteiger partial charge in [0.25, 0.3) is 5.91 Å². The molecule has 0 spiro atoms. The van der Waals surface area contributed by atoms with Crippen LogP contribution in [-0.2, 0) is 19.6 Å². The lowest BCUT2D eigenvalue weighted by molar-refractivity contribution is -0.124. The van der Waals surface area contributed by atoms with Gasteiger partial charge in [-0.2, -0.15) is 4.31 Å². The molecular formula is C17H25ClN2O5S. The highest BCUT2D eigenvalue weighted by atomic mass is 35.5. The summed E-state index contributed by atoms with van der Waals surface area (Å²) >= 11 is 6.02. The van der Waals surface area contributed by atoms with Gasteiger partial charge in [0.1, 0.15) is 4.90 Å². The van der Waals surface area contributed by atoms with Crippen molar-refractivity contribution in [1.29, 1.82) is 0 Å². The van der Waals surface area contributed by atoms with Crippen LogP contribution in [0.3, 0.4) is 0 Å². The van der Waals surface area contributed by atoms with E-state index < -0.39 is 28.5 Å². The number of hydrogen-bond acceptors (Lipinski definition) is 5. The van der Waals surface area contributed by atoms with Crippen LogP contribution in [0.25, 0.3) is 0 Å². The largest absolute Gasteiger partial charge is 0.452 e. The summed E-state index contributed by atoms with van der Waals surface area (Å²) in [4.78, 5) is 23.7. The first-order chi connectivity index (χ1) is 12.2. The number of benzene rings is 1. The number of ether oxygens (including phenoxy) is 1. The quantitative estimate of drug-likeness (QED) is 0.638. The molecule has 0 radical (unpaired) electrons. The summed E-state index contributed by atoms with van der Waals surface area (Å²) in [5.74, 6) is -1.21. The number of rotatable bonds is 9. The van der Waals surface area contributed by atoms with Crippen molar-refractivity contribution in [1.82, 2.24) is 9.62 Å². The zero-order valence-electron chi connectivity index (χ0n) is 15.4. The molecule has 1 amide bonds. The maximum atomic E-state index is 12.6. The van der Waals surface area contributed by atoms with Crippen LogP contribution in [-0.4, -0.2) is 50.3 Å². The lowest BCUT2D eigenvalue weighted by Gasteiger charge is -2.19. The fourth-order valence-electron chi connectivity index (χ4n) is 2.16. The van der Waals surface area contributed by atoms with Gasteiger partial charge in [-0.05, 0) is 31.5 Å². The predicted molar refractivity (Wildman–Crippen MR) is 99.7 cm³/mol. The Balaban J connectivity index is 2.96. The molecule has 0 aliphatic carbocycles. The van der Waals surface area contributed by atoms with Crippen LogP contribution in [0.5, 0.6) is 0 Å². The third-order valence-electron chi connectivity index (χ3n) is 3.84. The maximum Gasteiger partial charge on any atom is 0.338 e. The third-order valence-corrected chi connectivity index (χ3v) is 6.38. The van der Waals surface area contributed by atoms with Gasteiger partial charge in [0.05, 0.1) is 10.6 Å². The van der Waals surface area contributed by atoms with Crippen molar-refractivity contribution in [3.63, 3.8) is 0 Å². The highest BCUT2D eigenvalue weighted by Crippen LogP contribution is 2.26. The van der Waals surface area contributed by atoms with E-state index in [0.29, 0.717) is 0 Å². The summed E-state index contributed by atoms with van der Waals surface area (Å²) in [7, 11) is -3.82.